The lowest BCUT2D eigenvalue weighted by Crippen LogP contribution is -2.58. The maximum Gasteiger partial charge on any atom is 0.266 e. The van der Waals surface area contributed by atoms with Gasteiger partial charge in [-0.3, -0.25) is 9.35 Å². The summed E-state index contributed by atoms with van der Waals surface area (Å²) in [5.74, 6) is 2.70. The smallest absolute Gasteiger partial charge is 0.266 e. The van der Waals surface area contributed by atoms with Gasteiger partial charge in [0.15, 0.2) is 0 Å². The molecule has 3 rings (SSSR count). The van der Waals surface area contributed by atoms with Crippen molar-refractivity contribution in [2.75, 3.05) is 12.3 Å². The lowest BCUT2D eigenvalue weighted by Gasteiger charge is -2.62. The standard InChI is InChI=1S/C27H49NO5S/c1-6-20-9-12-27(5)21(15-20)16-23(29)25-19(3)26(4,11-10-22(25)27)17-18(2)7-8-24(30)28-13-14-34(31,32)33/h18-23,25,29H,6-17H2,1-5H3,(H,28,30)(H,31,32,33)/t18-,19+,20?,21?,22+,23-,25-,26+,27-/m0/s1. The molecule has 0 radical (unpaired) electrons. The predicted molar refractivity (Wildman–Crippen MR) is 136 cm³/mol. The summed E-state index contributed by atoms with van der Waals surface area (Å²) in [7, 11) is -4.05. The summed E-state index contributed by atoms with van der Waals surface area (Å²) >= 11 is 0. The topological polar surface area (TPSA) is 104 Å². The van der Waals surface area contributed by atoms with Crippen LogP contribution in [0.1, 0.15) is 98.8 Å². The Morgan fingerprint density at radius 1 is 1.18 bits per heavy atom. The fourth-order valence-corrected chi connectivity index (χ4v) is 8.60. The second-order valence-electron chi connectivity index (χ2n) is 12.7. The van der Waals surface area contributed by atoms with Crippen LogP contribution in [0.3, 0.4) is 0 Å². The molecule has 3 aliphatic rings. The zero-order valence-electron chi connectivity index (χ0n) is 22.1. The number of amides is 1. The van der Waals surface area contributed by atoms with E-state index in [0.29, 0.717) is 41.4 Å². The molecule has 1 amide bonds. The van der Waals surface area contributed by atoms with Crippen LogP contribution in [0.15, 0.2) is 0 Å². The van der Waals surface area contributed by atoms with E-state index in [2.05, 4.69) is 39.9 Å². The van der Waals surface area contributed by atoms with E-state index in [1.807, 2.05) is 0 Å². The second kappa shape index (κ2) is 10.8. The highest BCUT2D eigenvalue weighted by Crippen LogP contribution is 2.64. The lowest BCUT2D eigenvalue weighted by atomic mass is 9.43. The quantitative estimate of drug-likeness (QED) is 0.385. The molecule has 0 aromatic carbocycles. The third-order valence-electron chi connectivity index (χ3n) is 10.6. The average molecular weight is 500 g/mol. The van der Waals surface area contributed by atoms with Crippen molar-refractivity contribution in [2.24, 2.45) is 46.3 Å². The summed E-state index contributed by atoms with van der Waals surface area (Å²) < 4.78 is 30.4. The molecular weight excluding hydrogens is 450 g/mol. The van der Waals surface area contributed by atoms with Crippen LogP contribution in [0, 0.1) is 46.3 Å². The summed E-state index contributed by atoms with van der Waals surface area (Å²) in [4.78, 5) is 12.1. The zero-order valence-corrected chi connectivity index (χ0v) is 22.9. The van der Waals surface area contributed by atoms with Crippen molar-refractivity contribution in [3.05, 3.63) is 0 Å². The van der Waals surface area contributed by atoms with Crippen LogP contribution in [0.5, 0.6) is 0 Å². The van der Waals surface area contributed by atoms with Gasteiger partial charge in [0.25, 0.3) is 10.1 Å². The number of carbonyl (C=O) groups excluding carboxylic acids is 1. The number of fused-ring (bicyclic) bond motifs is 3. The Morgan fingerprint density at radius 2 is 1.88 bits per heavy atom. The van der Waals surface area contributed by atoms with Gasteiger partial charge in [0.2, 0.25) is 5.91 Å². The third kappa shape index (κ3) is 6.18. The van der Waals surface area contributed by atoms with Crippen molar-refractivity contribution >= 4 is 16.0 Å². The molecule has 0 spiro atoms. The highest BCUT2D eigenvalue weighted by atomic mass is 32.2. The molecule has 0 heterocycles. The first-order valence-corrected chi connectivity index (χ1v) is 15.3. The van der Waals surface area contributed by atoms with Crippen molar-refractivity contribution in [2.45, 2.75) is 105 Å². The molecule has 9 atom stereocenters. The van der Waals surface area contributed by atoms with Crippen LogP contribution in [0.2, 0.25) is 0 Å². The molecule has 0 aromatic heterocycles. The average Bonchev–Trinajstić information content (AvgIpc) is 2.74. The minimum absolute atomic E-state index is 0.0550. The van der Waals surface area contributed by atoms with Gasteiger partial charge in [-0.1, -0.05) is 41.0 Å². The van der Waals surface area contributed by atoms with Gasteiger partial charge in [-0.05, 0) is 97.7 Å². The molecule has 3 aliphatic carbocycles. The molecule has 198 valence electrons. The number of aliphatic hydroxyl groups is 1. The number of nitrogens with one attached hydrogen (secondary N) is 1. The molecular formula is C27H49NO5S. The van der Waals surface area contributed by atoms with Gasteiger partial charge in [0, 0.05) is 13.0 Å². The van der Waals surface area contributed by atoms with Crippen molar-refractivity contribution in [3.63, 3.8) is 0 Å². The number of hydrogen-bond acceptors (Lipinski definition) is 4. The van der Waals surface area contributed by atoms with Gasteiger partial charge in [0.05, 0.1) is 11.9 Å². The van der Waals surface area contributed by atoms with Crippen LogP contribution >= 0.6 is 0 Å². The van der Waals surface area contributed by atoms with Crippen molar-refractivity contribution in [1.29, 1.82) is 0 Å². The van der Waals surface area contributed by atoms with Crippen molar-refractivity contribution < 1.29 is 22.9 Å². The molecule has 34 heavy (non-hydrogen) atoms. The van der Waals surface area contributed by atoms with E-state index in [-0.39, 0.29) is 24.0 Å². The highest BCUT2D eigenvalue weighted by molar-refractivity contribution is 7.85. The maximum absolute atomic E-state index is 12.1. The Hall–Kier alpha value is -0.660. The van der Waals surface area contributed by atoms with Gasteiger partial charge in [-0.25, -0.2) is 0 Å². The van der Waals surface area contributed by atoms with E-state index in [0.717, 1.165) is 25.2 Å². The van der Waals surface area contributed by atoms with E-state index < -0.39 is 15.9 Å². The van der Waals surface area contributed by atoms with E-state index in [1.54, 1.807) is 0 Å². The van der Waals surface area contributed by atoms with Crippen LogP contribution in [-0.2, 0) is 14.9 Å². The number of hydrogen-bond donors (Lipinski definition) is 3. The summed E-state index contributed by atoms with van der Waals surface area (Å²) in [6.45, 7) is 11.8. The molecule has 3 fully saturated rings. The normalized spacial score (nSPS) is 41.3. The highest BCUT2D eigenvalue weighted by Gasteiger charge is 2.58. The first kappa shape index (κ1) is 27.9. The van der Waals surface area contributed by atoms with Gasteiger partial charge < -0.3 is 10.4 Å². The van der Waals surface area contributed by atoms with E-state index in [4.69, 9.17) is 4.55 Å². The molecule has 3 saturated carbocycles. The van der Waals surface area contributed by atoms with E-state index in [9.17, 15) is 18.3 Å². The van der Waals surface area contributed by atoms with E-state index in [1.165, 1.54) is 38.5 Å². The fourth-order valence-electron chi connectivity index (χ4n) is 8.24. The summed E-state index contributed by atoms with van der Waals surface area (Å²) in [6, 6.07) is 0. The molecule has 7 heteroatoms. The van der Waals surface area contributed by atoms with Gasteiger partial charge in [-0.15, -0.1) is 0 Å². The first-order chi connectivity index (χ1) is 15.8. The molecule has 3 N–H and O–H groups in total. The molecule has 0 bridgehead atoms. The number of rotatable bonds is 9. The summed E-state index contributed by atoms with van der Waals surface area (Å²) in [5, 5.41) is 13.9. The van der Waals surface area contributed by atoms with Gasteiger partial charge >= 0.3 is 0 Å². The van der Waals surface area contributed by atoms with Gasteiger partial charge in [-0.2, -0.15) is 8.42 Å². The van der Waals surface area contributed by atoms with Crippen LogP contribution in [-0.4, -0.2) is 42.4 Å². The Morgan fingerprint density at radius 3 is 2.53 bits per heavy atom. The largest absolute Gasteiger partial charge is 0.393 e. The fraction of sp³-hybridized carbons (Fsp3) is 0.963. The van der Waals surface area contributed by atoms with Crippen LogP contribution in [0.4, 0.5) is 0 Å². The van der Waals surface area contributed by atoms with E-state index >= 15 is 0 Å². The third-order valence-corrected chi connectivity index (χ3v) is 11.3. The Kier molecular flexibility index (Phi) is 8.83. The molecule has 0 saturated heterocycles. The summed E-state index contributed by atoms with van der Waals surface area (Å²) in [6.07, 6.45) is 10.5. The monoisotopic (exact) mass is 499 g/mol. The first-order valence-electron chi connectivity index (χ1n) is 13.7. The Balaban J connectivity index is 1.57. The molecule has 6 nitrogen and oxygen atoms in total. The number of aliphatic hydroxyl groups excluding tert-OH is 1. The minimum Gasteiger partial charge on any atom is -0.393 e. The second-order valence-corrected chi connectivity index (χ2v) is 14.3. The van der Waals surface area contributed by atoms with Crippen molar-refractivity contribution in [1.82, 2.24) is 5.32 Å². The van der Waals surface area contributed by atoms with Crippen molar-refractivity contribution in [3.8, 4) is 0 Å². The maximum atomic E-state index is 12.1. The SMILES string of the molecule is CCC1CC[C@@]2(C)C(C1)C[C@H](O)[C@H]1[C@@H](C)[C@@](C)(C[C@@H](C)CCC(=O)NCCS(=O)(=O)O)CC[C@H]12. The minimum atomic E-state index is -4.05. The van der Waals surface area contributed by atoms with Crippen LogP contribution in [0.25, 0.3) is 0 Å². The van der Waals surface area contributed by atoms with Crippen LogP contribution < -0.4 is 5.32 Å². The van der Waals surface area contributed by atoms with Gasteiger partial charge in [0.1, 0.15) is 0 Å². The molecule has 2 unspecified atom stereocenters. The lowest BCUT2D eigenvalue weighted by molar-refractivity contribution is -0.168. The zero-order chi connectivity index (χ0) is 25.3. The summed E-state index contributed by atoms with van der Waals surface area (Å²) in [5.41, 5.74) is 0.531. The Labute approximate surface area is 207 Å². The number of carbonyl (C=O) groups is 1. The molecule has 0 aromatic rings. The Bertz CT molecular complexity index is 816. The predicted octanol–water partition coefficient (Wildman–Crippen LogP) is 5.06. The molecule has 0 aliphatic heterocycles.